The molecule has 2 saturated heterocycles. The second-order valence-electron chi connectivity index (χ2n) is 7.15. The molecule has 0 amide bonds. The first-order chi connectivity index (χ1) is 12.4. The fourth-order valence-electron chi connectivity index (χ4n) is 3.24. The Morgan fingerprint density at radius 2 is 2.15 bits per heavy atom. The molecular weight excluding hydrogens is 358 g/mol. The summed E-state index contributed by atoms with van der Waals surface area (Å²) < 4.78 is 36.7. The van der Waals surface area contributed by atoms with Gasteiger partial charge < -0.3 is 19.5 Å². The first kappa shape index (κ1) is 19.1. The first-order valence-corrected chi connectivity index (χ1v) is 10.4. The lowest BCUT2D eigenvalue weighted by Gasteiger charge is -2.36. The van der Waals surface area contributed by atoms with Crippen molar-refractivity contribution in [3.63, 3.8) is 0 Å². The average molecular weight is 385 g/mol. The van der Waals surface area contributed by atoms with E-state index in [4.69, 9.17) is 9.26 Å². The number of guanidine groups is 1. The van der Waals surface area contributed by atoms with Crippen LogP contribution < -0.4 is 5.32 Å². The van der Waals surface area contributed by atoms with Crippen molar-refractivity contribution in [3.8, 4) is 0 Å². The predicted molar refractivity (Wildman–Crippen MR) is 97.2 cm³/mol. The minimum absolute atomic E-state index is 0.124. The summed E-state index contributed by atoms with van der Waals surface area (Å²) in [4.78, 5) is 6.45. The summed E-state index contributed by atoms with van der Waals surface area (Å²) in [6.07, 6.45) is 2.42. The molecule has 3 heterocycles. The Kier molecular flexibility index (Phi) is 5.83. The molecule has 1 N–H and O–H groups in total. The lowest BCUT2D eigenvalue weighted by Crippen LogP contribution is -2.54. The normalized spacial score (nSPS) is 25.6. The monoisotopic (exact) mass is 385 g/mol. The fourth-order valence-corrected chi connectivity index (χ4v) is 4.67. The van der Waals surface area contributed by atoms with Crippen LogP contribution in [0, 0.1) is 5.41 Å². The Labute approximate surface area is 154 Å². The number of aliphatic imine (C=N–C) groups is 1. The van der Waals surface area contributed by atoms with Crippen molar-refractivity contribution in [2.45, 2.75) is 19.1 Å². The number of nitrogens with zero attached hydrogens (tertiary/aromatic N) is 4. The average Bonchev–Trinajstić information content (AvgIpc) is 3.28. The zero-order chi connectivity index (χ0) is 18.6. The van der Waals surface area contributed by atoms with Gasteiger partial charge in [0.2, 0.25) is 10.0 Å². The molecule has 0 saturated carbocycles. The van der Waals surface area contributed by atoms with E-state index in [1.807, 2.05) is 0 Å². The van der Waals surface area contributed by atoms with Gasteiger partial charge in [-0.1, -0.05) is 12.1 Å². The van der Waals surface area contributed by atoms with E-state index < -0.39 is 10.0 Å². The molecule has 0 bridgehead atoms. The molecule has 146 valence electrons. The molecule has 1 aromatic heterocycles. The summed E-state index contributed by atoms with van der Waals surface area (Å²) in [5.74, 6) is 0.682. The van der Waals surface area contributed by atoms with Crippen LogP contribution in [0.25, 0.3) is 0 Å². The summed E-state index contributed by atoms with van der Waals surface area (Å²) in [6, 6.07) is 1.58. The van der Waals surface area contributed by atoms with Crippen molar-refractivity contribution in [3.05, 3.63) is 18.0 Å². The van der Waals surface area contributed by atoms with E-state index in [9.17, 15) is 8.42 Å². The lowest BCUT2D eigenvalue weighted by atomic mass is 9.90. The summed E-state index contributed by atoms with van der Waals surface area (Å²) in [7, 11) is -1.64. The second-order valence-corrected chi connectivity index (χ2v) is 9.12. The highest BCUT2D eigenvalue weighted by molar-refractivity contribution is 7.88. The van der Waals surface area contributed by atoms with Gasteiger partial charge in [0.05, 0.1) is 12.3 Å². The van der Waals surface area contributed by atoms with Crippen LogP contribution in [0.4, 0.5) is 0 Å². The molecule has 9 nitrogen and oxygen atoms in total. The molecule has 2 aliphatic heterocycles. The van der Waals surface area contributed by atoms with E-state index in [1.54, 1.807) is 13.1 Å². The number of ether oxygens (including phenoxy) is 1. The summed E-state index contributed by atoms with van der Waals surface area (Å²) in [5, 5.41) is 7.11. The zero-order valence-corrected chi connectivity index (χ0v) is 16.2. The van der Waals surface area contributed by atoms with Crippen molar-refractivity contribution in [1.29, 1.82) is 0 Å². The zero-order valence-electron chi connectivity index (χ0n) is 15.3. The van der Waals surface area contributed by atoms with Crippen LogP contribution in [0.1, 0.15) is 19.0 Å². The minimum atomic E-state index is -3.39. The van der Waals surface area contributed by atoms with E-state index in [0.717, 1.165) is 32.1 Å². The van der Waals surface area contributed by atoms with E-state index in [2.05, 4.69) is 27.3 Å². The number of aromatic nitrogens is 1. The number of rotatable bonds is 5. The van der Waals surface area contributed by atoms with Crippen LogP contribution in [0.15, 0.2) is 21.8 Å². The number of sulfonamides is 1. The maximum atomic E-state index is 12.5. The molecule has 0 aromatic carbocycles. The highest BCUT2D eigenvalue weighted by Gasteiger charge is 2.32. The number of hydrogen-bond donors (Lipinski definition) is 1. The Bertz CT molecular complexity index is 705. The van der Waals surface area contributed by atoms with Gasteiger partial charge in [-0.05, 0) is 6.42 Å². The fraction of sp³-hybridized carbons (Fsp3) is 0.750. The van der Waals surface area contributed by atoms with Gasteiger partial charge in [0, 0.05) is 57.9 Å². The highest BCUT2D eigenvalue weighted by atomic mass is 32.2. The first-order valence-electron chi connectivity index (χ1n) is 8.82. The van der Waals surface area contributed by atoms with Crippen molar-refractivity contribution >= 4 is 16.0 Å². The van der Waals surface area contributed by atoms with Gasteiger partial charge in [0.25, 0.3) is 0 Å². The molecule has 0 aliphatic carbocycles. The van der Waals surface area contributed by atoms with Gasteiger partial charge in [-0.2, -0.15) is 4.31 Å². The molecule has 3 rings (SSSR count). The Hall–Kier alpha value is -1.65. The van der Waals surface area contributed by atoms with Crippen LogP contribution in [-0.2, 0) is 20.5 Å². The Balaban J connectivity index is 1.51. The largest absolute Gasteiger partial charge is 0.381 e. The van der Waals surface area contributed by atoms with Gasteiger partial charge in [-0.25, -0.2) is 8.42 Å². The standard InChI is InChI=1S/C16H27N5O4S/c1-16(4-10-24-13-16)12-18-15(17-2)20-5-7-21(8-6-20)26(22,23)11-14-3-9-25-19-14/h3,9H,4-8,10-13H2,1-2H3,(H,17,18). The molecule has 2 aliphatic rings. The maximum Gasteiger partial charge on any atom is 0.220 e. The van der Waals surface area contributed by atoms with Crippen LogP contribution in [0.2, 0.25) is 0 Å². The number of hydrogen-bond acceptors (Lipinski definition) is 6. The molecule has 2 fully saturated rings. The third-order valence-corrected chi connectivity index (χ3v) is 6.75. The van der Waals surface area contributed by atoms with Crippen molar-refractivity contribution in [2.24, 2.45) is 10.4 Å². The highest BCUT2D eigenvalue weighted by Crippen LogP contribution is 2.26. The van der Waals surface area contributed by atoms with Gasteiger partial charge >= 0.3 is 0 Å². The Morgan fingerprint density at radius 3 is 2.73 bits per heavy atom. The molecule has 1 unspecified atom stereocenters. The smallest absolute Gasteiger partial charge is 0.220 e. The molecule has 1 aromatic rings. The number of piperazine rings is 1. The molecule has 10 heteroatoms. The third kappa shape index (κ3) is 4.54. The van der Waals surface area contributed by atoms with Crippen LogP contribution in [0.3, 0.4) is 0 Å². The molecule has 1 atom stereocenters. The summed E-state index contributed by atoms with van der Waals surface area (Å²) >= 11 is 0. The predicted octanol–water partition coefficient (Wildman–Crippen LogP) is 0.124. The van der Waals surface area contributed by atoms with Gasteiger partial charge in [0.1, 0.15) is 12.0 Å². The summed E-state index contributed by atoms with van der Waals surface area (Å²) in [5.41, 5.74) is 0.551. The van der Waals surface area contributed by atoms with Crippen molar-refractivity contribution < 1.29 is 17.7 Å². The second kappa shape index (κ2) is 7.93. The quantitative estimate of drug-likeness (QED) is 0.568. The van der Waals surface area contributed by atoms with Crippen molar-refractivity contribution in [1.82, 2.24) is 19.7 Å². The van der Waals surface area contributed by atoms with E-state index >= 15 is 0 Å². The van der Waals surface area contributed by atoms with Crippen LogP contribution >= 0.6 is 0 Å². The molecular formula is C16H27N5O4S. The van der Waals surface area contributed by atoms with E-state index in [1.165, 1.54) is 10.6 Å². The van der Waals surface area contributed by atoms with Gasteiger partial charge in [0.15, 0.2) is 5.96 Å². The van der Waals surface area contributed by atoms with Crippen molar-refractivity contribution in [2.75, 3.05) is 53.0 Å². The van der Waals surface area contributed by atoms with Crippen LogP contribution in [-0.4, -0.2) is 81.7 Å². The van der Waals surface area contributed by atoms with E-state index in [-0.39, 0.29) is 11.2 Å². The van der Waals surface area contributed by atoms with E-state index in [0.29, 0.717) is 31.9 Å². The maximum absolute atomic E-state index is 12.5. The SMILES string of the molecule is CN=C(NCC1(C)CCOC1)N1CCN(S(=O)(=O)Cc2ccon2)CC1. The Morgan fingerprint density at radius 1 is 1.38 bits per heavy atom. The number of nitrogens with one attached hydrogen (secondary N) is 1. The van der Waals surface area contributed by atoms with Crippen LogP contribution in [0.5, 0.6) is 0 Å². The van der Waals surface area contributed by atoms with Gasteiger partial charge in [-0.3, -0.25) is 4.99 Å². The minimum Gasteiger partial charge on any atom is -0.381 e. The summed E-state index contributed by atoms with van der Waals surface area (Å²) in [6.45, 7) is 6.63. The third-order valence-electron chi connectivity index (χ3n) is 4.94. The lowest BCUT2D eigenvalue weighted by molar-refractivity contribution is 0.160. The molecule has 0 spiro atoms. The van der Waals surface area contributed by atoms with Gasteiger partial charge in [-0.15, -0.1) is 0 Å². The topological polar surface area (TPSA) is 100 Å². The molecule has 26 heavy (non-hydrogen) atoms. The molecule has 0 radical (unpaired) electrons.